The van der Waals surface area contributed by atoms with E-state index in [1.807, 2.05) is 12.1 Å². The molecular formula is C17H29NO2. The maximum Gasteiger partial charge on any atom is 0.127 e. The summed E-state index contributed by atoms with van der Waals surface area (Å²) in [5.74, 6) is 2.44. The van der Waals surface area contributed by atoms with Crippen LogP contribution in [0.15, 0.2) is 18.2 Å². The Morgan fingerprint density at radius 3 is 2.45 bits per heavy atom. The molecule has 0 radical (unpaired) electrons. The van der Waals surface area contributed by atoms with E-state index in [1.165, 1.54) is 18.4 Å². The maximum absolute atomic E-state index is 5.54. The molecule has 3 nitrogen and oxygen atoms in total. The van der Waals surface area contributed by atoms with Gasteiger partial charge in [-0.05, 0) is 24.9 Å². The van der Waals surface area contributed by atoms with E-state index in [-0.39, 0.29) is 0 Å². The van der Waals surface area contributed by atoms with Crippen molar-refractivity contribution in [2.45, 2.75) is 46.1 Å². The number of hydrogen-bond acceptors (Lipinski definition) is 3. The molecular weight excluding hydrogens is 250 g/mol. The summed E-state index contributed by atoms with van der Waals surface area (Å²) in [5, 5.41) is 3.58. The molecule has 0 aliphatic carbocycles. The van der Waals surface area contributed by atoms with Crippen LogP contribution in [0, 0.1) is 5.92 Å². The molecule has 2 unspecified atom stereocenters. The van der Waals surface area contributed by atoms with Crippen molar-refractivity contribution in [1.82, 2.24) is 5.32 Å². The second-order valence-corrected chi connectivity index (χ2v) is 5.35. The van der Waals surface area contributed by atoms with Crippen molar-refractivity contribution < 1.29 is 9.47 Å². The van der Waals surface area contributed by atoms with Gasteiger partial charge < -0.3 is 14.8 Å². The van der Waals surface area contributed by atoms with Crippen LogP contribution in [0.25, 0.3) is 0 Å². The molecule has 0 saturated heterocycles. The predicted molar refractivity (Wildman–Crippen MR) is 84.7 cm³/mol. The molecule has 0 saturated carbocycles. The van der Waals surface area contributed by atoms with Gasteiger partial charge in [-0.2, -0.15) is 0 Å². The summed E-state index contributed by atoms with van der Waals surface area (Å²) in [5.41, 5.74) is 1.22. The van der Waals surface area contributed by atoms with Gasteiger partial charge in [-0.1, -0.05) is 39.7 Å². The number of methoxy groups -OCH3 is 2. The van der Waals surface area contributed by atoms with Crippen molar-refractivity contribution >= 4 is 0 Å². The minimum atomic E-state index is 0.336. The van der Waals surface area contributed by atoms with Crippen LogP contribution in [0.2, 0.25) is 0 Å². The Morgan fingerprint density at radius 1 is 1.15 bits per heavy atom. The Morgan fingerprint density at radius 2 is 1.90 bits per heavy atom. The van der Waals surface area contributed by atoms with Crippen LogP contribution in [-0.4, -0.2) is 20.8 Å². The summed E-state index contributed by atoms with van der Waals surface area (Å²) in [6.07, 6.45) is 3.63. The molecule has 3 heteroatoms. The Bertz CT molecular complexity index is 393. The molecule has 0 amide bonds. The second-order valence-electron chi connectivity index (χ2n) is 5.35. The summed E-state index contributed by atoms with van der Waals surface area (Å²) in [6, 6.07) is 6.42. The Labute approximate surface area is 123 Å². The summed E-state index contributed by atoms with van der Waals surface area (Å²) in [4.78, 5) is 0. The number of rotatable bonds is 9. The second kappa shape index (κ2) is 8.85. The first-order valence-corrected chi connectivity index (χ1v) is 7.61. The van der Waals surface area contributed by atoms with Crippen molar-refractivity contribution in [3.63, 3.8) is 0 Å². The standard InChI is InChI=1S/C17H29NO2/c1-6-8-13(3)11-16(18-7-2)15-10-9-14(19-4)12-17(15)20-5/h9-10,12-13,16,18H,6-8,11H2,1-5H3. The Hall–Kier alpha value is -1.22. The summed E-state index contributed by atoms with van der Waals surface area (Å²) < 4.78 is 10.8. The zero-order chi connectivity index (χ0) is 15.0. The Kier molecular flexibility index (Phi) is 7.45. The molecule has 0 heterocycles. The quantitative estimate of drug-likeness (QED) is 0.735. The highest BCUT2D eigenvalue weighted by molar-refractivity contribution is 5.42. The molecule has 0 aliphatic rings. The largest absolute Gasteiger partial charge is 0.497 e. The van der Waals surface area contributed by atoms with Gasteiger partial charge in [0.2, 0.25) is 0 Å². The van der Waals surface area contributed by atoms with Crippen molar-refractivity contribution in [1.29, 1.82) is 0 Å². The fourth-order valence-electron chi connectivity index (χ4n) is 2.69. The normalized spacial score (nSPS) is 13.8. The van der Waals surface area contributed by atoms with Crippen molar-refractivity contribution in [3.05, 3.63) is 23.8 Å². The summed E-state index contributed by atoms with van der Waals surface area (Å²) >= 11 is 0. The molecule has 1 rings (SSSR count). The molecule has 20 heavy (non-hydrogen) atoms. The minimum absolute atomic E-state index is 0.336. The van der Waals surface area contributed by atoms with Gasteiger partial charge in [0.1, 0.15) is 11.5 Å². The predicted octanol–water partition coefficient (Wildman–Crippen LogP) is 4.18. The lowest BCUT2D eigenvalue weighted by molar-refractivity contribution is 0.363. The maximum atomic E-state index is 5.54. The van der Waals surface area contributed by atoms with Crippen molar-refractivity contribution in [3.8, 4) is 11.5 Å². The molecule has 0 bridgehead atoms. The van der Waals surface area contributed by atoms with Crippen LogP contribution in [-0.2, 0) is 0 Å². The molecule has 114 valence electrons. The number of nitrogens with one attached hydrogen (secondary N) is 1. The molecule has 0 aliphatic heterocycles. The fourth-order valence-corrected chi connectivity index (χ4v) is 2.69. The number of ether oxygens (including phenoxy) is 2. The van der Waals surface area contributed by atoms with E-state index >= 15 is 0 Å². The van der Waals surface area contributed by atoms with Gasteiger partial charge in [-0.25, -0.2) is 0 Å². The highest BCUT2D eigenvalue weighted by Crippen LogP contribution is 2.33. The van der Waals surface area contributed by atoms with E-state index in [4.69, 9.17) is 9.47 Å². The third-order valence-electron chi connectivity index (χ3n) is 3.69. The number of benzene rings is 1. The van der Waals surface area contributed by atoms with Gasteiger partial charge >= 0.3 is 0 Å². The Balaban J connectivity index is 2.95. The third kappa shape index (κ3) is 4.71. The third-order valence-corrected chi connectivity index (χ3v) is 3.69. The zero-order valence-electron chi connectivity index (χ0n) is 13.5. The minimum Gasteiger partial charge on any atom is -0.497 e. The van der Waals surface area contributed by atoms with E-state index in [0.29, 0.717) is 12.0 Å². The fraction of sp³-hybridized carbons (Fsp3) is 0.647. The van der Waals surface area contributed by atoms with Crippen molar-refractivity contribution in [2.75, 3.05) is 20.8 Å². The first-order chi connectivity index (χ1) is 9.65. The molecule has 0 fully saturated rings. The first kappa shape index (κ1) is 16.8. The van der Waals surface area contributed by atoms with Gasteiger partial charge in [0, 0.05) is 17.7 Å². The lowest BCUT2D eigenvalue weighted by Crippen LogP contribution is -2.23. The average Bonchev–Trinajstić information content (AvgIpc) is 2.46. The molecule has 0 aromatic heterocycles. The van der Waals surface area contributed by atoms with E-state index in [0.717, 1.165) is 24.5 Å². The zero-order valence-corrected chi connectivity index (χ0v) is 13.5. The van der Waals surface area contributed by atoms with E-state index in [1.54, 1.807) is 14.2 Å². The first-order valence-electron chi connectivity index (χ1n) is 7.61. The topological polar surface area (TPSA) is 30.5 Å². The monoisotopic (exact) mass is 279 g/mol. The van der Waals surface area contributed by atoms with Crippen LogP contribution in [0.3, 0.4) is 0 Å². The average molecular weight is 279 g/mol. The van der Waals surface area contributed by atoms with Gasteiger partial charge in [0.25, 0.3) is 0 Å². The smallest absolute Gasteiger partial charge is 0.127 e. The van der Waals surface area contributed by atoms with Crippen LogP contribution in [0.5, 0.6) is 11.5 Å². The van der Waals surface area contributed by atoms with E-state index in [2.05, 4.69) is 32.2 Å². The van der Waals surface area contributed by atoms with Crippen molar-refractivity contribution in [2.24, 2.45) is 5.92 Å². The van der Waals surface area contributed by atoms with Crippen LogP contribution in [0.1, 0.15) is 51.6 Å². The highest BCUT2D eigenvalue weighted by atomic mass is 16.5. The van der Waals surface area contributed by atoms with Gasteiger partial charge in [0.05, 0.1) is 14.2 Å². The molecule has 1 aromatic rings. The van der Waals surface area contributed by atoms with E-state index < -0.39 is 0 Å². The van der Waals surface area contributed by atoms with Crippen LogP contribution in [0.4, 0.5) is 0 Å². The SMILES string of the molecule is CCCC(C)CC(NCC)c1ccc(OC)cc1OC. The van der Waals surface area contributed by atoms with E-state index in [9.17, 15) is 0 Å². The number of hydrogen-bond donors (Lipinski definition) is 1. The lowest BCUT2D eigenvalue weighted by Gasteiger charge is -2.24. The van der Waals surface area contributed by atoms with Crippen LogP contribution >= 0.6 is 0 Å². The van der Waals surface area contributed by atoms with Gasteiger partial charge in [0.15, 0.2) is 0 Å². The highest BCUT2D eigenvalue weighted by Gasteiger charge is 2.18. The van der Waals surface area contributed by atoms with Gasteiger partial charge in [-0.3, -0.25) is 0 Å². The molecule has 2 atom stereocenters. The molecule has 1 aromatic carbocycles. The van der Waals surface area contributed by atoms with Gasteiger partial charge in [-0.15, -0.1) is 0 Å². The molecule has 1 N–H and O–H groups in total. The summed E-state index contributed by atoms with van der Waals surface area (Å²) in [7, 11) is 3.40. The summed E-state index contributed by atoms with van der Waals surface area (Å²) in [6.45, 7) is 7.67. The van der Waals surface area contributed by atoms with Crippen LogP contribution < -0.4 is 14.8 Å². The lowest BCUT2D eigenvalue weighted by atomic mass is 9.92. The molecule has 0 spiro atoms.